The molecule has 32 heavy (non-hydrogen) atoms. The van der Waals surface area contributed by atoms with Crippen LogP contribution in [0.25, 0.3) is 5.57 Å². The number of carbonyl (C=O) groups is 2. The van der Waals surface area contributed by atoms with E-state index in [1.807, 2.05) is 0 Å². The van der Waals surface area contributed by atoms with Crippen LogP contribution in [0.4, 0.5) is 18.9 Å². The molecule has 170 valence electrons. The second kappa shape index (κ2) is 9.28. The number of halogens is 3. The van der Waals surface area contributed by atoms with Crippen molar-refractivity contribution in [3.05, 3.63) is 65.2 Å². The molecule has 0 saturated carbocycles. The Hall–Kier alpha value is -2.94. The fourth-order valence-corrected chi connectivity index (χ4v) is 4.35. The van der Waals surface area contributed by atoms with Crippen LogP contribution in [0.2, 0.25) is 0 Å². The molecule has 0 saturated heterocycles. The van der Waals surface area contributed by atoms with Crippen molar-refractivity contribution in [3.8, 4) is 0 Å². The van der Waals surface area contributed by atoms with E-state index < -0.39 is 27.5 Å². The van der Waals surface area contributed by atoms with Crippen LogP contribution in [0.1, 0.15) is 42.9 Å². The monoisotopic (exact) mass is 465 g/mol. The first-order chi connectivity index (χ1) is 15.0. The number of amides is 1. The molecule has 0 aliphatic heterocycles. The summed E-state index contributed by atoms with van der Waals surface area (Å²) in [6, 6.07) is 9.41. The highest BCUT2D eigenvalue weighted by molar-refractivity contribution is 7.91. The third kappa shape index (κ3) is 5.64. The van der Waals surface area contributed by atoms with Gasteiger partial charge in [-0.2, -0.15) is 13.2 Å². The van der Waals surface area contributed by atoms with Crippen LogP contribution >= 0.6 is 0 Å². The molecule has 5 nitrogen and oxygen atoms in total. The Bertz CT molecular complexity index is 1170. The van der Waals surface area contributed by atoms with E-state index in [2.05, 4.69) is 5.32 Å². The zero-order chi connectivity index (χ0) is 23.5. The lowest BCUT2D eigenvalue weighted by Gasteiger charge is -2.19. The first-order valence-corrected chi connectivity index (χ1v) is 11.7. The molecule has 0 radical (unpaired) electrons. The van der Waals surface area contributed by atoms with Gasteiger partial charge in [-0.3, -0.25) is 9.59 Å². The van der Waals surface area contributed by atoms with E-state index in [4.69, 9.17) is 0 Å². The van der Waals surface area contributed by atoms with E-state index >= 15 is 0 Å². The summed E-state index contributed by atoms with van der Waals surface area (Å²) in [6.45, 7) is 1.53. The van der Waals surface area contributed by atoms with Crippen molar-refractivity contribution in [2.24, 2.45) is 0 Å². The Morgan fingerprint density at radius 1 is 1.06 bits per heavy atom. The molecular formula is C23H22F3NO4S. The summed E-state index contributed by atoms with van der Waals surface area (Å²) in [5, 5.41) is 2.47. The number of hydrogen-bond acceptors (Lipinski definition) is 4. The smallest absolute Gasteiger partial charge is 0.326 e. The van der Waals surface area contributed by atoms with Crippen LogP contribution in [-0.4, -0.2) is 25.9 Å². The second-order valence-electron chi connectivity index (χ2n) is 7.50. The summed E-state index contributed by atoms with van der Waals surface area (Å²) in [6.07, 6.45) is -2.65. The SMILES string of the molecule is CCS(=O)(=O)c1ccc(CC(=O)Nc2ccc(C3=CCC(=O)CC3)c(C(F)(F)F)c2)cc1. The zero-order valence-electron chi connectivity index (χ0n) is 17.3. The first-order valence-electron chi connectivity index (χ1n) is 10.0. The minimum Gasteiger partial charge on any atom is -0.326 e. The Morgan fingerprint density at radius 3 is 2.31 bits per heavy atom. The Morgan fingerprint density at radius 2 is 1.75 bits per heavy atom. The number of sulfone groups is 1. The fraction of sp³-hybridized carbons (Fsp3) is 0.304. The van der Waals surface area contributed by atoms with Crippen LogP contribution in [0.5, 0.6) is 0 Å². The molecule has 1 aliphatic rings. The number of hydrogen-bond donors (Lipinski definition) is 1. The molecular weight excluding hydrogens is 443 g/mol. The van der Waals surface area contributed by atoms with Gasteiger partial charge in [0.2, 0.25) is 5.91 Å². The summed E-state index contributed by atoms with van der Waals surface area (Å²) >= 11 is 0. The molecule has 1 amide bonds. The number of carbonyl (C=O) groups excluding carboxylic acids is 2. The van der Waals surface area contributed by atoms with E-state index in [1.54, 1.807) is 0 Å². The van der Waals surface area contributed by atoms with Gasteiger partial charge in [0, 0.05) is 18.5 Å². The molecule has 0 spiro atoms. The van der Waals surface area contributed by atoms with Gasteiger partial charge in [-0.15, -0.1) is 0 Å². The molecule has 0 unspecified atom stereocenters. The van der Waals surface area contributed by atoms with Crippen LogP contribution in [0.15, 0.2) is 53.4 Å². The molecule has 0 aromatic heterocycles. The average molecular weight is 465 g/mol. The number of benzene rings is 2. The standard InChI is InChI=1S/C23H22F3NO4S/c1-2-32(30,31)19-10-3-15(4-11-19)13-22(29)27-17-7-12-20(21(14-17)23(24,25)26)16-5-8-18(28)9-6-16/h3-5,7,10-12,14H,2,6,8-9,13H2,1H3,(H,27,29). The number of anilines is 1. The molecule has 1 aliphatic carbocycles. The van der Waals surface area contributed by atoms with Gasteiger partial charge in [-0.05, 0) is 47.4 Å². The number of nitrogens with one attached hydrogen (secondary N) is 1. The summed E-state index contributed by atoms with van der Waals surface area (Å²) in [7, 11) is -3.36. The number of allylic oxidation sites excluding steroid dienone is 2. The van der Waals surface area contributed by atoms with E-state index in [0.29, 0.717) is 11.1 Å². The maximum Gasteiger partial charge on any atom is 0.417 e. The van der Waals surface area contributed by atoms with Gasteiger partial charge >= 0.3 is 6.18 Å². The largest absolute Gasteiger partial charge is 0.417 e. The average Bonchev–Trinajstić information content (AvgIpc) is 2.74. The summed E-state index contributed by atoms with van der Waals surface area (Å²) in [4.78, 5) is 23.9. The van der Waals surface area contributed by atoms with Crippen LogP contribution in [-0.2, 0) is 32.0 Å². The van der Waals surface area contributed by atoms with E-state index in [1.165, 1.54) is 49.4 Å². The van der Waals surface area contributed by atoms with Crippen molar-refractivity contribution in [1.82, 2.24) is 0 Å². The van der Waals surface area contributed by atoms with Crippen molar-refractivity contribution < 1.29 is 31.2 Å². The van der Waals surface area contributed by atoms with Crippen molar-refractivity contribution in [1.29, 1.82) is 0 Å². The van der Waals surface area contributed by atoms with Crippen LogP contribution < -0.4 is 5.32 Å². The highest BCUT2D eigenvalue weighted by Gasteiger charge is 2.35. The number of Topliss-reactive ketones (excluding diaryl/α,β-unsaturated/α-hetero) is 1. The molecule has 0 bridgehead atoms. The predicted octanol–water partition coefficient (Wildman–Crippen LogP) is 4.82. The summed E-state index contributed by atoms with van der Waals surface area (Å²) < 4.78 is 64.7. The lowest BCUT2D eigenvalue weighted by molar-refractivity contribution is -0.137. The van der Waals surface area contributed by atoms with Crippen molar-refractivity contribution >= 4 is 32.8 Å². The predicted molar refractivity (Wildman–Crippen MR) is 115 cm³/mol. The van der Waals surface area contributed by atoms with Gasteiger partial charge in [-0.25, -0.2) is 8.42 Å². The number of rotatable bonds is 6. The van der Waals surface area contributed by atoms with Gasteiger partial charge in [0.05, 0.1) is 22.6 Å². The Labute approximate surface area is 184 Å². The van der Waals surface area contributed by atoms with Crippen molar-refractivity contribution in [2.75, 3.05) is 11.1 Å². The molecule has 1 N–H and O–H groups in total. The Balaban J connectivity index is 1.77. The minimum atomic E-state index is -4.63. The van der Waals surface area contributed by atoms with Gasteiger partial charge < -0.3 is 5.32 Å². The highest BCUT2D eigenvalue weighted by Crippen LogP contribution is 2.39. The lowest BCUT2D eigenvalue weighted by atomic mass is 9.89. The van der Waals surface area contributed by atoms with Gasteiger partial charge in [-0.1, -0.05) is 31.2 Å². The molecule has 0 fully saturated rings. The third-order valence-corrected chi connectivity index (χ3v) is 6.98. The summed E-state index contributed by atoms with van der Waals surface area (Å²) in [5.74, 6) is -0.580. The van der Waals surface area contributed by atoms with E-state index in [9.17, 15) is 31.2 Å². The van der Waals surface area contributed by atoms with Crippen molar-refractivity contribution in [2.45, 2.75) is 43.7 Å². The van der Waals surface area contributed by atoms with Gasteiger partial charge in [0.25, 0.3) is 0 Å². The molecule has 9 heteroatoms. The van der Waals surface area contributed by atoms with Crippen molar-refractivity contribution in [3.63, 3.8) is 0 Å². The van der Waals surface area contributed by atoms with Crippen LogP contribution in [0, 0.1) is 0 Å². The van der Waals surface area contributed by atoms with Gasteiger partial charge in [0.1, 0.15) is 5.78 Å². The van der Waals surface area contributed by atoms with E-state index in [0.717, 1.165) is 6.07 Å². The Kier molecular flexibility index (Phi) is 6.88. The maximum absolute atomic E-state index is 13.7. The minimum absolute atomic E-state index is 0.00346. The lowest BCUT2D eigenvalue weighted by Crippen LogP contribution is -2.16. The molecule has 2 aromatic rings. The maximum atomic E-state index is 13.7. The normalized spacial score (nSPS) is 14.8. The fourth-order valence-electron chi connectivity index (χ4n) is 3.47. The summed E-state index contributed by atoms with van der Waals surface area (Å²) in [5.41, 5.74) is 0.142. The topological polar surface area (TPSA) is 80.3 Å². The highest BCUT2D eigenvalue weighted by atomic mass is 32.2. The van der Waals surface area contributed by atoms with E-state index in [-0.39, 0.29) is 53.4 Å². The van der Waals surface area contributed by atoms with Gasteiger partial charge in [0.15, 0.2) is 9.84 Å². The first kappa shape index (κ1) is 23.7. The molecule has 0 heterocycles. The quantitative estimate of drug-likeness (QED) is 0.664. The molecule has 0 atom stereocenters. The third-order valence-electron chi connectivity index (χ3n) is 5.23. The zero-order valence-corrected chi connectivity index (χ0v) is 18.1. The van der Waals surface area contributed by atoms with Crippen LogP contribution in [0.3, 0.4) is 0 Å². The number of alkyl halides is 3. The molecule has 3 rings (SSSR count). The number of ketones is 1. The second-order valence-corrected chi connectivity index (χ2v) is 9.78. The molecule has 2 aromatic carbocycles.